The maximum Gasteiger partial charge on any atom is 0.191 e. The lowest BCUT2D eigenvalue weighted by molar-refractivity contribution is 0.414. The van der Waals surface area contributed by atoms with Gasteiger partial charge in [0.25, 0.3) is 0 Å². The van der Waals surface area contributed by atoms with Gasteiger partial charge in [-0.1, -0.05) is 12.1 Å². The number of aryl methyl sites for hydroxylation is 1. The van der Waals surface area contributed by atoms with E-state index in [9.17, 15) is 0 Å². The summed E-state index contributed by atoms with van der Waals surface area (Å²) in [7, 11) is 5.38. The minimum Gasteiger partial charge on any atom is -0.497 e. The fraction of sp³-hybridized carbons (Fsp3) is 0.438. The van der Waals surface area contributed by atoms with Gasteiger partial charge in [0.1, 0.15) is 11.6 Å². The summed E-state index contributed by atoms with van der Waals surface area (Å²) >= 11 is 0. The highest BCUT2D eigenvalue weighted by molar-refractivity contribution is 14.0. The molecule has 132 valence electrons. The zero-order valence-electron chi connectivity index (χ0n) is 14.5. The van der Waals surface area contributed by atoms with Crippen molar-refractivity contribution < 1.29 is 4.74 Å². The minimum atomic E-state index is 0. The van der Waals surface area contributed by atoms with Crippen LogP contribution < -0.4 is 15.4 Å². The van der Waals surface area contributed by atoms with Crippen molar-refractivity contribution in [2.24, 2.45) is 12.0 Å². The zero-order chi connectivity index (χ0) is 16.7. The van der Waals surface area contributed by atoms with Crippen molar-refractivity contribution in [3.63, 3.8) is 0 Å². The maximum absolute atomic E-state index is 5.16. The second-order valence-electron chi connectivity index (χ2n) is 5.17. The van der Waals surface area contributed by atoms with E-state index in [4.69, 9.17) is 4.74 Å². The summed E-state index contributed by atoms with van der Waals surface area (Å²) in [5.41, 5.74) is 1.25. The van der Waals surface area contributed by atoms with Gasteiger partial charge in [-0.05, 0) is 31.0 Å². The molecule has 0 bridgehead atoms. The first kappa shape index (κ1) is 20.2. The third-order valence-corrected chi connectivity index (χ3v) is 3.69. The van der Waals surface area contributed by atoms with Crippen LogP contribution in [0.1, 0.15) is 17.2 Å². The number of benzene rings is 1. The molecular weight excluding hydrogens is 419 g/mol. The number of halogens is 1. The number of ether oxygens (including phenoxy) is 1. The van der Waals surface area contributed by atoms with Crippen LogP contribution in [0.5, 0.6) is 5.75 Å². The molecule has 0 aliphatic heterocycles. The third-order valence-electron chi connectivity index (χ3n) is 3.69. The molecular formula is C16H25IN6O. The molecule has 0 unspecified atom stereocenters. The summed E-state index contributed by atoms with van der Waals surface area (Å²) in [5, 5.41) is 14.7. The first-order valence-corrected chi connectivity index (χ1v) is 7.56. The molecule has 0 saturated carbocycles. The van der Waals surface area contributed by atoms with Crippen LogP contribution in [0.25, 0.3) is 0 Å². The third kappa shape index (κ3) is 5.66. The minimum absolute atomic E-state index is 0. The quantitative estimate of drug-likeness (QED) is 0.403. The normalized spacial score (nSPS) is 10.9. The highest BCUT2D eigenvalue weighted by atomic mass is 127. The Hall–Kier alpha value is -1.84. The Labute approximate surface area is 159 Å². The average molecular weight is 444 g/mol. The van der Waals surface area contributed by atoms with E-state index >= 15 is 0 Å². The molecule has 1 aromatic heterocycles. The Morgan fingerprint density at radius 1 is 1.21 bits per heavy atom. The fourth-order valence-corrected chi connectivity index (χ4v) is 2.11. The zero-order valence-corrected chi connectivity index (χ0v) is 16.9. The standard InChI is InChI=1S/C16H24N6O.HI/c1-12-20-21-15(22(12)3)11-19-16(17-2)18-10-9-13-5-7-14(23-4)8-6-13;/h5-8H,9-11H2,1-4H3,(H2,17,18,19);1H. The fourth-order valence-electron chi connectivity index (χ4n) is 2.11. The van der Waals surface area contributed by atoms with Crippen molar-refractivity contribution in [1.82, 2.24) is 25.4 Å². The monoisotopic (exact) mass is 444 g/mol. The summed E-state index contributed by atoms with van der Waals surface area (Å²) < 4.78 is 7.11. The maximum atomic E-state index is 5.16. The van der Waals surface area contributed by atoms with E-state index < -0.39 is 0 Å². The van der Waals surface area contributed by atoms with Gasteiger partial charge in [-0.2, -0.15) is 0 Å². The molecule has 0 aliphatic carbocycles. The highest BCUT2D eigenvalue weighted by Gasteiger charge is 2.05. The van der Waals surface area contributed by atoms with Crippen LogP contribution in [-0.4, -0.2) is 41.4 Å². The van der Waals surface area contributed by atoms with Crippen molar-refractivity contribution in [2.45, 2.75) is 19.9 Å². The SMILES string of the molecule is CN=C(NCCc1ccc(OC)cc1)NCc1nnc(C)n1C.I. The number of hydrogen-bond donors (Lipinski definition) is 2. The lowest BCUT2D eigenvalue weighted by atomic mass is 10.1. The Morgan fingerprint density at radius 3 is 2.46 bits per heavy atom. The van der Waals surface area contributed by atoms with Gasteiger partial charge in [-0.3, -0.25) is 4.99 Å². The predicted octanol–water partition coefficient (Wildman–Crippen LogP) is 1.66. The Kier molecular flexibility index (Phi) is 8.51. The number of nitrogens with one attached hydrogen (secondary N) is 2. The number of methoxy groups -OCH3 is 1. The molecule has 2 aromatic rings. The summed E-state index contributed by atoms with van der Waals surface area (Å²) in [6.07, 6.45) is 0.910. The van der Waals surface area contributed by atoms with Gasteiger partial charge in [0, 0.05) is 20.6 Å². The van der Waals surface area contributed by atoms with Gasteiger partial charge in [-0.15, -0.1) is 34.2 Å². The smallest absolute Gasteiger partial charge is 0.191 e. The van der Waals surface area contributed by atoms with E-state index in [1.54, 1.807) is 14.2 Å². The van der Waals surface area contributed by atoms with Crippen molar-refractivity contribution >= 4 is 29.9 Å². The Balaban J connectivity index is 0.00000288. The topological polar surface area (TPSA) is 76.4 Å². The van der Waals surface area contributed by atoms with E-state index in [0.29, 0.717) is 6.54 Å². The average Bonchev–Trinajstić information content (AvgIpc) is 2.90. The van der Waals surface area contributed by atoms with Crippen LogP contribution in [-0.2, 0) is 20.0 Å². The summed E-state index contributed by atoms with van der Waals surface area (Å²) in [6.45, 7) is 3.31. The van der Waals surface area contributed by atoms with Crippen LogP contribution in [0.4, 0.5) is 0 Å². The molecule has 0 amide bonds. The van der Waals surface area contributed by atoms with Gasteiger partial charge in [-0.25, -0.2) is 0 Å². The van der Waals surface area contributed by atoms with Crippen LogP contribution >= 0.6 is 24.0 Å². The number of nitrogens with zero attached hydrogens (tertiary/aromatic N) is 4. The number of guanidine groups is 1. The predicted molar refractivity (Wildman–Crippen MR) is 106 cm³/mol. The molecule has 2 rings (SSSR count). The molecule has 7 nitrogen and oxygen atoms in total. The molecule has 0 spiro atoms. The molecule has 1 aromatic carbocycles. The lowest BCUT2D eigenvalue weighted by Crippen LogP contribution is -2.38. The lowest BCUT2D eigenvalue weighted by Gasteiger charge is -2.11. The van der Waals surface area contributed by atoms with Crippen molar-refractivity contribution in [3.05, 3.63) is 41.5 Å². The molecule has 8 heteroatoms. The second-order valence-corrected chi connectivity index (χ2v) is 5.17. The van der Waals surface area contributed by atoms with E-state index in [-0.39, 0.29) is 24.0 Å². The number of aliphatic imine (C=N–C) groups is 1. The largest absolute Gasteiger partial charge is 0.497 e. The van der Waals surface area contributed by atoms with Gasteiger partial charge < -0.3 is 19.9 Å². The number of aromatic nitrogens is 3. The summed E-state index contributed by atoms with van der Waals surface area (Å²) in [4.78, 5) is 4.22. The van der Waals surface area contributed by atoms with Crippen molar-refractivity contribution in [1.29, 1.82) is 0 Å². The molecule has 24 heavy (non-hydrogen) atoms. The van der Waals surface area contributed by atoms with E-state index in [1.165, 1.54) is 5.56 Å². The first-order valence-electron chi connectivity index (χ1n) is 7.56. The van der Waals surface area contributed by atoms with Crippen molar-refractivity contribution in [2.75, 3.05) is 20.7 Å². The van der Waals surface area contributed by atoms with Gasteiger partial charge >= 0.3 is 0 Å². The van der Waals surface area contributed by atoms with E-state index in [1.807, 2.05) is 30.7 Å². The Morgan fingerprint density at radius 2 is 1.92 bits per heavy atom. The molecule has 1 heterocycles. The van der Waals surface area contributed by atoms with Gasteiger partial charge in [0.2, 0.25) is 0 Å². The van der Waals surface area contributed by atoms with Gasteiger partial charge in [0.15, 0.2) is 11.8 Å². The van der Waals surface area contributed by atoms with Crippen LogP contribution in [0.15, 0.2) is 29.3 Å². The molecule has 2 N–H and O–H groups in total. The molecule has 0 atom stereocenters. The summed E-state index contributed by atoms with van der Waals surface area (Å²) in [5.74, 6) is 3.39. The van der Waals surface area contributed by atoms with Crippen molar-refractivity contribution in [3.8, 4) is 5.75 Å². The van der Waals surface area contributed by atoms with Gasteiger partial charge in [0.05, 0.1) is 13.7 Å². The van der Waals surface area contributed by atoms with Crippen LogP contribution in [0.2, 0.25) is 0 Å². The number of hydrogen-bond acceptors (Lipinski definition) is 4. The number of rotatable bonds is 6. The van der Waals surface area contributed by atoms with Crippen LogP contribution in [0.3, 0.4) is 0 Å². The summed E-state index contributed by atoms with van der Waals surface area (Å²) in [6, 6.07) is 8.08. The van der Waals surface area contributed by atoms with Crippen LogP contribution in [0, 0.1) is 6.92 Å². The second kappa shape index (κ2) is 10.1. The van der Waals surface area contributed by atoms with E-state index in [0.717, 1.165) is 36.3 Å². The molecule has 0 saturated heterocycles. The Bertz CT molecular complexity index is 653. The highest BCUT2D eigenvalue weighted by Crippen LogP contribution is 2.11. The first-order chi connectivity index (χ1) is 11.1. The molecule has 0 fully saturated rings. The molecule has 0 radical (unpaired) electrons. The molecule has 0 aliphatic rings. The van der Waals surface area contributed by atoms with E-state index in [2.05, 4.69) is 38.0 Å².